The first-order valence-corrected chi connectivity index (χ1v) is 9.35. The van der Waals surface area contributed by atoms with Gasteiger partial charge in [-0.2, -0.15) is 8.78 Å². The van der Waals surface area contributed by atoms with Crippen LogP contribution >= 0.6 is 0 Å². The van der Waals surface area contributed by atoms with Gasteiger partial charge < -0.3 is 10.1 Å². The average molecular weight is 407 g/mol. The van der Waals surface area contributed by atoms with Gasteiger partial charge in [-0.25, -0.2) is 9.37 Å². The lowest BCUT2D eigenvalue weighted by Crippen LogP contribution is -2.20. The van der Waals surface area contributed by atoms with Crippen LogP contribution in [0, 0.1) is 5.82 Å². The number of imidazole rings is 1. The highest BCUT2D eigenvalue weighted by atomic mass is 19.3. The largest absolute Gasteiger partial charge is 0.434 e. The molecule has 0 fully saturated rings. The van der Waals surface area contributed by atoms with Gasteiger partial charge in [-0.3, -0.25) is 4.57 Å². The van der Waals surface area contributed by atoms with Crippen LogP contribution in [0.5, 0.6) is 5.75 Å². The van der Waals surface area contributed by atoms with Gasteiger partial charge in [0, 0.05) is 11.3 Å². The van der Waals surface area contributed by atoms with Crippen LogP contribution in [0.3, 0.4) is 0 Å². The predicted octanol–water partition coefficient (Wildman–Crippen LogP) is 5.83. The number of nitrogens with zero attached hydrogens (tertiary/aromatic N) is 2. The number of ether oxygens (including phenoxy) is 1. The fourth-order valence-corrected chi connectivity index (χ4v) is 3.76. The van der Waals surface area contributed by atoms with Gasteiger partial charge in [-0.05, 0) is 54.1 Å². The normalized spacial score (nSPS) is 15.6. The zero-order valence-electron chi connectivity index (χ0n) is 15.6. The molecule has 7 heteroatoms. The van der Waals surface area contributed by atoms with Gasteiger partial charge in [0.25, 0.3) is 0 Å². The van der Waals surface area contributed by atoms with E-state index in [9.17, 15) is 13.2 Å². The Bertz CT molecular complexity index is 1250. The minimum atomic E-state index is -2.94. The summed E-state index contributed by atoms with van der Waals surface area (Å²) >= 11 is 0. The fourth-order valence-electron chi connectivity index (χ4n) is 3.76. The Morgan fingerprint density at radius 1 is 0.933 bits per heavy atom. The van der Waals surface area contributed by atoms with E-state index >= 15 is 0 Å². The van der Waals surface area contributed by atoms with Crippen LogP contribution in [-0.4, -0.2) is 16.2 Å². The third-order valence-electron chi connectivity index (χ3n) is 5.05. The van der Waals surface area contributed by atoms with E-state index in [-0.39, 0.29) is 11.6 Å². The third-order valence-corrected chi connectivity index (χ3v) is 5.05. The first-order valence-electron chi connectivity index (χ1n) is 9.35. The molecule has 0 amide bonds. The molecule has 2 heterocycles. The second-order valence-electron chi connectivity index (χ2n) is 6.87. The minimum Gasteiger partial charge on any atom is -0.434 e. The second kappa shape index (κ2) is 7.26. The molecule has 1 aliphatic rings. The first kappa shape index (κ1) is 18.3. The van der Waals surface area contributed by atoms with Gasteiger partial charge >= 0.3 is 6.61 Å². The van der Waals surface area contributed by atoms with Crippen molar-refractivity contribution in [1.82, 2.24) is 9.55 Å². The number of nitrogens with one attached hydrogen (secondary N) is 1. The number of halogens is 3. The SMILES string of the molecule is Fc1ccc(C2=CC(c3ccccc3OC(F)F)n3c(nc4ccccc43)N2)cc1. The van der Waals surface area contributed by atoms with Crippen molar-refractivity contribution in [3.05, 3.63) is 95.8 Å². The van der Waals surface area contributed by atoms with E-state index in [1.165, 1.54) is 18.2 Å². The summed E-state index contributed by atoms with van der Waals surface area (Å²) in [7, 11) is 0. The Morgan fingerprint density at radius 2 is 1.67 bits per heavy atom. The van der Waals surface area contributed by atoms with E-state index in [1.807, 2.05) is 34.9 Å². The number of anilines is 1. The van der Waals surface area contributed by atoms with Crippen LogP contribution < -0.4 is 10.1 Å². The lowest BCUT2D eigenvalue weighted by molar-refractivity contribution is -0.0505. The Labute approximate surface area is 170 Å². The van der Waals surface area contributed by atoms with E-state index < -0.39 is 12.7 Å². The first-order chi connectivity index (χ1) is 14.6. The van der Waals surface area contributed by atoms with Crippen molar-refractivity contribution in [3.63, 3.8) is 0 Å². The Kier molecular flexibility index (Phi) is 4.43. The summed E-state index contributed by atoms with van der Waals surface area (Å²) in [5.41, 5.74) is 3.65. The zero-order chi connectivity index (χ0) is 20.7. The summed E-state index contributed by atoms with van der Waals surface area (Å²) in [6, 6.07) is 19.9. The molecular formula is C23H16F3N3O. The third kappa shape index (κ3) is 3.18. The molecule has 4 aromatic rings. The number of rotatable bonds is 4. The van der Waals surface area contributed by atoms with Crippen molar-refractivity contribution in [1.29, 1.82) is 0 Å². The molecule has 0 aliphatic carbocycles. The molecule has 0 radical (unpaired) electrons. The summed E-state index contributed by atoms with van der Waals surface area (Å²) in [4.78, 5) is 4.66. The van der Waals surface area contributed by atoms with Gasteiger partial charge in [0.05, 0.1) is 17.1 Å². The van der Waals surface area contributed by atoms with Crippen LogP contribution in [0.25, 0.3) is 16.7 Å². The Balaban J connectivity index is 1.71. The van der Waals surface area contributed by atoms with Gasteiger partial charge in [0.2, 0.25) is 5.95 Å². The molecule has 0 spiro atoms. The van der Waals surface area contributed by atoms with Crippen molar-refractivity contribution in [2.75, 3.05) is 5.32 Å². The summed E-state index contributed by atoms with van der Waals surface area (Å²) in [5, 5.41) is 3.28. The molecule has 1 aromatic heterocycles. The highest BCUT2D eigenvalue weighted by Gasteiger charge is 2.27. The van der Waals surface area contributed by atoms with E-state index in [4.69, 9.17) is 4.74 Å². The van der Waals surface area contributed by atoms with Crippen molar-refractivity contribution in [2.24, 2.45) is 0 Å². The number of para-hydroxylation sites is 3. The van der Waals surface area contributed by atoms with E-state index in [0.717, 1.165) is 16.6 Å². The van der Waals surface area contributed by atoms with Crippen molar-refractivity contribution in [2.45, 2.75) is 12.7 Å². The maximum Gasteiger partial charge on any atom is 0.387 e. The molecule has 1 N–H and O–H groups in total. The molecule has 0 saturated heterocycles. The van der Waals surface area contributed by atoms with Crippen LogP contribution in [0.1, 0.15) is 17.2 Å². The standard InChI is InChI=1S/C23H16F3N3O/c24-15-11-9-14(10-12-15)18-13-20(16-5-1-4-8-21(16)30-22(25)26)29-19-7-3-2-6-17(19)27-23(29)28-18/h1-13,20,22H,(H,27,28). The van der Waals surface area contributed by atoms with Crippen molar-refractivity contribution in [3.8, 4) is 5.75 Å². The fraction of sp³-hybridized carbons (Fsp3) is 0.0870. The molecule has 0 saturated carbocycles. The molecular weight excluding hydrogens is 391 g/mol. The Morgan fingerprint density at radius 3 is 2.47 bits per heavy atom. The van der Waals surface area contributed by atoms with Gasteiger partial charge in [-0.15, -0.1) is 0 Å². The molecule has 150 valence electrons. The van der Waals surface area contributed by atoms with Gasteiger partial charge in [-0.1, -0.05) is 30.3 Å². The van der Waals surface area contributed by atoms with Crippen molar-refractivity contribution >= 4 is 22.7 Å². The van der Waals surface area contributed by atoms with Crippen LogP contribution in [0.15, 0.2) is 78.9 Å². The highest BCUT2D eigenvalue weighted by Crippen LogP contribution is 2.40. The van der Waals surface area contributed by atoms with Crippen LogP contribution in [-0.2, 0) is 0 Å². The van der Waals surface area contributed by atoms with E-state index in [0.29, 0.717) is 17.2 Å². The number of allylic oxidation sites excluding steroid dienone is 1. The number of hydrogen-bond donors (Lipinski definition) is 1. The topological polar surface area (TPSA) is 39.1 Å². The molecule has 1 atom stereocenters. The minimum absolute atomic E-state index is 0.0952. The molecule has 0 bridgehead atoms. The number of fused-ring (bicyclic) bond motifs is 3. The number of hydrogen-bond acceptors (Lipinski definition) is 3. The second-order valence-corrected chi connectivity index (χ2v) is 6.87. The van der Waals surface area contributed by atoms with Crippen LogP contribution in [0.2, 0.25) is 0 Å². The van der Waals surface area contributed by atoms with E-state index in [2.05, 4.69) is 10.3 Å². The van der Waals surface area contributed by atoms with Crippen LogP contribution in [0.4, 0.5) is 19.1 Å². The summed E-state index contributed by atoms with van der Waals surface area (Å²) < 4.78 is 46.2. The lowest BCUT2D eigenvalue weighted by Gasteiger charge is -2.27. The van der Waals surface area contributed by atoms with Crippen molar-refractivity contribution < 1.29 is 17.9 Å². The Hall–Kier alpha value is -3.74. The smallest absolute Gasteiger partial charge is 0.387 e. The summed E-state index contributed by atoms with van der Waals surface area (Å²) in [6.45, 7) is -2.94. The molecule has 1 unspecified atom stereocenters. The number of benzene rings is 3. The summed E-state index contributed by atoms with van der Waals surface area (Å²) in [5.74, 6) is 0.322. The molecule has 1 aliphatic heterocycles. The maximum absolute atomic E-state index is 13.4. The monoisotopic (exact) mass is 407 g/mol. The number of aromatic nitrogens is 2. The predicted molar refractivity (Wildman–Crippen MR) is 109 cm³/mol. The molecule has 4 nitrogen and oxygen atoms in total. The molecule has 30 heavy (non-hydrogen) atoms. The van der Waals surface area contributed by atoms with Gasteiger partial charge in [0.1, 0.15) is 11.6 Å². The molecule has 5 rings (SSSR count). The highest BCUT2D eigenvalue weighted by molar-refractivity contribution is 5.85. The number of alkyl halides is 2. The maximum atomic E-state index is 13.4. The van der Waals surface area contributed by atoms with E-state index in [1.54, 1.807) is 30.3 Å². The average Bonchev–Trinajstić information content (AvgIpc) is 3.12. The zero-order valence-corrected chi connectivity index (χ0v) is 15.6. The van der Waals surface area contributed by atoms with Gasteiger partial charge in [0.15, 0.2) is 0 Å². The molecule has 3 aromatic carbocycles. The quantitative estimate of drug-likeness (QED) is 0.462. The lowest BCUT2D eigenvalue weighted by atomic mass is 10.00. The summed E-state index contributed by atoms with van der Waals surface area (Å²) in [6.07, 6.45) is 1.90.